The zero-order chi connectivity index (χ0) is 15.7. The van der Waals surface area contributed by atoms with Crippen molar-refractivity contribution < 1.29 is 14.3 Å². The Morgan fingerprint density at radius 1 is 1.27 bits per heavy atom. The SMILES string of the molecule is COc1ccc(C(C)CCNC(=O)CC(CN)OC)cc1.Cl. The first-order valence-corrected chi connectivity index (χ1v) is 7.24. The van der Waals surface area contributed by atoms with Crippen molar-refractivity contribution in [2.45, 2.75) is 31.8 Å². The Morgan fingerprint density at radius 2 is 1.91 bits per heavy atom. The molecule has 0 spiro atoms. The fourth-order valence-corrected chi connectivity index (χ4v) is 2.07. The lowest BCUT2D eigenvalue weighted by atomic mass is 9.98. The van der Waals surface area contributed by atoms with Gasteiger partial charge in [-0.25, -0.2) is 0 Å². The minimum Gasteiger partial charge on any atom is -0.497 e. The van der Waals surface area contributed by atoms with Gasteiger partial charge in [-0.2, -0.15) is 0 Å². The van der Waals surface area contributed by atoms with Crippen molar-refractivity contribution in [3.05, 3.63) is 29.8 Å². The first kappa shape index (κ1) is 20.7. The molecule has 2 unspecified atom stereocenters. The number of benzene rings is 1. The van der Waals surface area contributed by atoms with E-state index in [2.05, 4.69) is 24.4 Å². The van der Waals surface area contributed by atoms with Gasteiger partial charge >= 0.3 is 0 Å². The minimum absolute atomic E-state index is 0. The molecular formula is C16H27ClN2O3. The molecule has 1 rings (SSSR count). The molecule has 2 atom stereocenters. The smallest absolute Gasteiger partial charge is 0.222 e. The summed E-state index contributed by atoms with van der Waals surface area (Å²) in [6.07, 6.45) is 0.992. The van der Waals surface area contributed by atoms with Gasteiger partial charge in [-0.1, -0.05) is 19.1 Å². The molecule has 0 saturated heterocycles. The van der Waals surface area contributed by atoms with E-state index in [-0.39, 0.29) is 24.4 Å². The molecule has 0 bridgehead atoms. The lowest BCUT2D eigenvalue weighted by molar-refractivity contribution is -0.123. The van der Waals surface area contributed by atoms with Crippen LogP contribution < -0.4 is 15.8 Å². The number of carbonyl (C=O) groups excluding carboxylic acids is 1. The number of hydrogen-bond acceptors (Lipinski definition) is 4. The molecule has 1 amide bonds. The van der Waals surface area contributed by atoms with Gasteiger partial charge in [0.15, 0.2) is 0 Å². The predicted molar refractivity (Wildman–Crippen MR) is 90.8 cm³/mol. The summed E-state index contributed by atoms with van der Waals surface area (Å²) in [5.74, 6) is 1.21. The number of nitrogens with two attached hydrogens (primary N) is 1. The van der Waals surface area contributed by atoms with Crippen molar-refractivity contribution in [3.8, 4) is 5.75 Å². The first-order valence-electron chi connectivity index (χ1n) is 7.24. The highest BCUT2D eigenvalue weighted by molar-refractivity contribution is 5.85. The van der Waals surface area contributed by atoms with Gasteiger partial charge in [0.25, 0.3) is 0 Å². The monoisotopic (exact) mass is 330 g/mol. The number of ether oxygens (including phenoxy) is 2. The summed E-state index contributed by atoms with van der Waals surface area (Å²) in [5.41, 5.74) is 6.73. The molecule has 3 N–H and O–H groups in total. The number of halogens is 1. The lowest BCUT2D eigenvalue weighted by Crippen LogP contribution is -2.32. The van der Waals surface area contributed by atoms with Crippen molar-refractivity contribution in [3.63, 3.8) is 0 Å². The molecule has 0 heterocycles. The van der Waals surface area contributed by atoms with Crippen LogP contribution in [0, 0.1) is 0 Å². The van der Waals surface area contributed by atoms with Crippen LogP contribution >= 0.6 is 12.4 Å². The number of carbonyl (C=O) groups is 1. The molecule has 0 aliphatic carbocycles. The van der Waals surface area contributed by atoms with Gasteiger partial charge in [-0.15, -0.1) is 12.4 Å². The molecule has 0 fully saturated rings. The second-order valence-corrected chi connectivity index (χ2v) is 5.11. The fourth-order valence-electron chi connectivity index (χ4n) is 2.07. The normalized spacial score (nSPS) is 12.9. The number of methoxy groups -OCH3 is 2. The summed E-state index contributed by atoms with van der Waals surface area (Å²) in [5, 5.41) is 2.91. The van der Waals surface area contributed by atoms with Crippen LogP contribution in [0.15, 0.2) is 24.3 Å². The Bertz CT molecular complexity index is 422. The maximum Gasteiger partial charge on any atom is 0.222 e. The molecule has 0 aliphatic heterocycles. The van der Waals surface area contributed by atoms with Crippen LogP contribution in [0.4, 0.5) is 0 Å². The Kier molecular flexibility index (Phi) is 10.6. The van der Waals surface area contributed by atoms with Gasteiger partial charge in [-0.05, 0) is 30.0 Å². The molecule has 126 valence electrons. The summed E-state index contributed by atoms with van der Waals surface area (Å²) in [6.45, 7) is 3.14. The van der Waals surface area contributed by atoms with E-state index in [9.17, 15) is 4.79 Å². The van der Waals surface area contributed by atoms with Gasteiger partial charge in [0.05, 0.1) is 19.6 Å². The van der Waals surface area contributed by atoms with Crippen LogP contribution in [0.25, 0.3) is 0 Å². The second-order valence-electron chi connectivity index (χ2n) is 5.11. The highest BCUT2D eigenvalue weighted by atomic mass is 35.5. The second kappa shape index (κ2) is 11.3. The largest absolute Gasteiger partial charge is 0.497 e. The summed E-state index contributed by atoms with van der Waals surface area (Å²) in [6, 6.07) is 8.02. The molecule has 22 heavy (non-hydrogen) atoms. The quantitative estimate of drug-likeness (QED) is 0.727. The highest BCUT2D eigenvalue weighted by Gasteiger charge is 2.11. The summed E-state index contributed by atoms with van der Waals surface area (Å²) in [4.78, 5) is 11.7. The molecule has 5 nitrogen and oxygen atoms in total. The molecule has 0 radical (unpaired) electrons. The molecular weight excluding hydrogens is 304 g/mol. The van der Waals surface area contributed by atoms with Crippen molar-refractivity contribution in [1.29, 1.82) is 0 Å². The number of nitrogens with one attached hydrogen (secondary N) is 1. The molecule has 1 aromatic rings. The molecule has 0 aromatic heterocycles. The Balaban J connectivity index is 0.00000441. The van der Waals surface area contributed by atoms with Gasteiger partial charge in [0, 0.05) is 20.2 Å². The lowest BCUT2D eigenvalue weighted by Gasteiger charge is -2.15. The topological polar surface area (TPSA) is 73.6 Å². The average Bonchev–Trinajstić information content (AvgIpc) is 2.52. The Labute approximate surface area is 139 Å². The minimum atomic E-state index is -0.205. The summed E-state index contributed by atoms with van der Waals surface area (Å²) < 4.78 is 10.2. The van der Waals surface area contributed by atoms with Gasteiger partial charge in [-0.3, -0.25) is 4.79 Å². The van der Waals surface area contributed by atoms with E-state index in [4.69, 9.17) is 15.2 Å². The standard InChI is InChI=1S/C16H26N2O3.ClH/c1-12(13-4-6-14(20-2)7-5-13)8-9-18-16(19)10-15(11-17)21-3;/h4-7,12,15H,8-11,17H2,1-3H3,(H,18,19);1H. The van der Waals surface area contributed by atoms with E-state index in [0.717, 1.165) is 12.2 Å². The summed E-state index contributed by atoms with van der Waals surface area (Å²) in [7, 11) is 3.22. The summed E-state index contributed by atoms with van der Waals surface area (Å²) >= 11 is 0. The van der Waals surface area contributed by atoms with E-state index >= 15 is 0 Å². The number of rotatable bonds is 9. The van der Waals surface area contributed by atoms with Crippen LogP contribution in [0.2, 0.25) is 0 Å². The number of hydrogen-bond donors (Lipinski definition) is 2. The maximum absolute atomic E-state index is 11.7. The first-order chi connectivity index (χ1) is 10.1. The molecule has 6 heteroatoms. The van der Waals surface area contributed by atoms with Crippen LogP contribution in [0.5, 0.6) is 5.75 Å². The zero-order valence-electron chi connectivity index (χ0n) is 13.5. The Morgan fingerprint density at radius 3 is 2.41 bits per heavy atom. The van der Waals surface area contributed by atoms with Crippen molar-refractivity contribution in [2.75, 3.05) is 27.3 Å². The van der Waals surface area contributed by atoms with Crippen LogP contribution in [0.1, 0.15) is 31.2 Å². The van der Waals surface area contributed by atoms with Crippen LogP contribution in [0.3, 0.4) is 0 Å². The van der Waals surface area contributed by atoms with Crippen molar-refractivity contribution >= 4 is 18.3 Å². The van der Waals surface area contributed by atoms with E-state index in [0.29, 0.717) is 25.4 Å². The third kappa shape index (κ3) is 7.11. The zero-order valence-corrected chi connectivity index (χ0v) is 14.3. The van der Waals surface area contributed by atoms with Crippen LogP contribution in [-0.2, 0) is 9.53 Å². The van der Waals surface area contributed by atoms with Crippen molar-refractivity contribution in [2.24, 2.45) is 5.73 Å². The van der Waals surface area contributed by atoms with E-state index < -0.39 is 0 Å². The van der Waals surface area contributed by atoms with E-state index in [1.807, 2.05) is 12.1 Å². The fraction of sp³-hybridized carbons (Fsp3) is 0.562. The maximum atomic E-state index is 11.7. The van der Waals surface area contributed by atoms with Gasteiger partial charge in [0.2, 0.25) is 5.91 Å². The third-order valence-electron chi connectivity index (χ3n) is 3.59. The molecule has 0 aliphatic rings. The van der Waals surface area contributed by atoms with E-state index in [1.165, 1.54) is 5.56 Å². The van der Waals surface area contributed by atoms with Crippen molar-refractivity contribution in [1.82, 2.24) is 5.32 Å². The molecule has 1 aromatic carbocycles. The van der Waals surface area contributed by atoms with Gasteiger partial charge in [0.1, 0.15) is 5.75 Å². The van der Waals surface area contributed by atoms with Crippen LogP contribution in [-0.4, -0.2) is 39.3 Å². The molecule has 0 saturated carbocycles. The highest BCUT2D eigenvalue weighted by Crippen LogP contribution is 2.21. The Hall–Kier alpha value is -1.30. The predicted octanol–water partition coefficient (Wildman–Crippen LogP) is 2.09. The number of amides is 1. The average molecular weight is 331 g/mol. The third-order valence-corrected chi connectivity index (χ3v) is 3.59. The van der Waals surface area contributed by atoms with Gasteiger partial charge < -0.3 is 20.5 Å². The van der Waals surface area contributed by atoms with E-state index in [1.54, 1.807) is 14.2 Å².